The van der Waals surface area contributed by atoms with Gasteiger partial charge >= 0.3 is 0 Å². The molecule has 0 radical (unpaired) electrons. The molecular weight excluding hydrogens is 144 g/mol. The van der Waals surface area contributed by atoms with Crippen LogP contribution in [0.15, 0.2) is 0 Å². The van der Waals surface area contributed by atoms with E-state index in [1.807, 2.05) is 0 Å². The maximum atomic E-state index is 2.46. The molecule has 5 atom stereocenters. The molecule has 0 aromatic heterocycles. The number of rotatable bonds is 0. The minimum absolute atomic E-state index is 1.05. The Morgan fingerprint density at radius 3 is 2.33 bits per heavy atom. The quantitative estimate of drug-likeness (QED) is 0.514. The summed E-state index contributed by atoms with van der Waals surface area (Å²) < 4.78 is 0. The molecule has 0 aromatic carbocycles. The average Bonchev–Trinajstić information content (AvgIpc) is 2.63. The predicted molar refractivity (Wildman–Crippen MR) is 50.8 cm³/mol. The van der Waals surface area contributed by atoms with Crippen LogP contribution in [-0.4, -0.2) is 0 Å². The Hall–Kier alpha value is 0. The lowest BCUT2D eigenvalue weighted by Gasteiger charge is -2.37. The van der Waals surface area contributed by atoms with Gasteiger partial charge in [-0.15, -0.1) is 0 Å². The zero-order chi connectivity index (χ0) is 8.13. The van der Waals surface area contributed by atoms with Crippen LogP contribution >= 0.6 is 0 Å². The molecule has 0 heteroatoms. The van der Waals surface area contributed by atoms with Crippen molar-refractivity contribution in [1.29, 1.82) is 0 Å². The molecule has 0 N–H and O–H groups in total. The van der Waals surface area contributed by atoms with Crippen LogP contribution in [-0.2, 0) is 0 Å². The molecule has 12 heavy (non-hydrogen) atoms. The van der Waals surface area contributed by atoms with E-state index in [-0.39, 0.29) is 0 Å². The SMILES string of the molecule is CC1CCC2C3CCC(C3)C2C1. The molecule has 0 aliphatic heterocycles. The fourth-order valence-electron chi connectivity index (χ4n) is 4.41. The minimum atomic E-state index is 1.05. The monoisotopic (exact) mass is 164 g/mol. The zero-order valence-corrected chi connectivity index (χ0v) is 8.13. The predicted octanol–water partition coefficient (Wildman–Crippen LogP) is 3.47. The van der Waals surface area contributed by atoms with Gasteiger partial charge in [0.25, 0.3) is 0 Å². The Morgan fingerprint density at radius 2 is 1.50 bits per heavy atom. The summed E-state index contributed by atoms with van der Waals surface area (Å²) in [5, 5.41) is 0. The van der Waals surface area contributed by atoms with E-state index in [4.69, 9.17) is 0 Å². The third-order valence-electron chi connectivity index (χ3n) is 4.94. The van der Waals surface area contributed by atoms with Gasteiger partial charge in [-0.2, -0.15) is 0 Å². The first-order valence-corrected chi connectivity index (χ1v) is 5.84. The third kappa shape index (κ3) is 0.900. The Balaban J connectivity index is 1.81. The van der Waals surface area contributed by atoms with Crippen LogP contribution in [0.2, 0.25) is 0 Å². The average molecular weight is 164 g/mol. The first-order chi connectivity index (χ1) is 5.84. The molecule has 3 rings (SSSR count). The molecule has 0 aromatic rings. The summed E-state index contributed by atoms with van der Waals surface area (Å²) in [6, 6.07) is 0. The van der Waals surface area contributed by atoms with Crippen molar-refractivity contribution in [2.45, 2.75) is 45.4 Å². The summed E-state index contributed by atoms with van der Waals surface area (Å²) in [6.07, 6.45) is 9.46. The standard InChI is InChI=1S/C12H20/c1-8-2-5-11-9-3-4-10(7-9)12(11)6-8/h8-12H,2-7H2,1H3. The highest BCUT2D eigenvalue weighted by molar-refractivity contribution is 4.98. The van der Waals surface area contributed by atoms with Crippen molar-refractivity contribution < 1.29 is 0 Å². The van der Waals surface area contributed by atoms with Crippen LogP contribution in [0.4, 0.5) is 0 Å². The summed E-state index contributed by atoms with van der Waals surface area (Å²) in [6.45, 7) is 2.46. The van der Waals surface area contributed by atoms with E-state index in [0.717, 1.165) is 5.92 Å². The zero-order valence-electron chi connectivity index (χ0n) is 8.13. The second kappa shape index (κ2) is 2.49. The van der Waals surface area contributed by atoms with E-state index >= 15 is 0 Å². The smallest absolute Gasteiger partial charge is 0.0352 e. The molecule has 3 aliphatic carbocycles. The molecule has 2 bridgehead atoms. The van der Waals surface area contributed by atoms with Crippen molar-refractivity contribution in [3.05, 3.63) is 0 Å². The lowest BCUT2D eigenvalue weighted by molar-refractivity contribution is 0.126. The highest BCUT2D eigenvalue weighted by Gasteiger charge is 2.48. The van der Waals surface area contributed by atoms with E-state index in [1.54, 1.807) is 32.1 Å². The van der Waals surface area contributed by atoms with Crippen molar-refractivity contribution in [3.63, 3.8) is 0 Å². The number of fused-ring (bicyclic) bond motifs is 5. The van der Waals surface area contributed by atoms with Gasteiger partial charge in [0.2, 0.25) is 0 Å². The molecule has 0 amide bonds. The van der Waals surface area contributed by atoms with Gasteiger partial charge in [-0.3, -0.25) is 0 Å². The largest absolute Gasteiger partial charge is 0.0625 e. The molecule has 0 saturated heterocycles. The van der Waals surface area contributed by atoms with Gasteiger partial charge in [0.05, 0.1) is 0 Å². The highest BCUT2D eigenvalue weighted by Crippen LogP contribution is 2.58. The topological polar surface area (TPSA) is 0 Å². The molecule has 68 valence electrons. The van der Waals surface area contributed by atoms with Crippen LogP contribution in [0.3, 0.4) is 0 Å². The van der Waals surface area contributed by atoms with E-state index in [0.29, 0.717) is 0 Å². The molecule has 0 spiro atoms. The lowest BCUT2D eigenvalue weighted by atomic mass is 9.68. The summed E-state index contributed by atoms with van der Waals surface area (Å²) in [5.41, 5.74) is 0. The van der Waals surface area contributed by atoms with Crippen LogP contribution in [0.25, 0.3) is 0 Å². The van der Waals surface area contributed by atoms with Crippen molar-refractivity contribution in [2.24, 2.45) is 29.6 Å². The van der Waals surface area contributed by atoms with E-state index in [1.165, 1.54) is 30.1 Å². The fraction of sp³-hybridized carbons (Fsp3) is 1.00. The normalized spacial score (nSPS) is 57.2. The van der Waals surface area contributed by atoms with Crippen LogP contribution in [0.1, 0.15) is 45.4 Å². The van der Waals surface area contributed by atoms with Gasteiger partial charge in [0.1, 0.15) is 0 Å². The van der Waals surface area contributed by atoms with Gasteiger partial charge in [-0.25, -0.2) is 0 Å². The summed E-state index contributed by atoms with van der Waals surface area (Å²) in [7, 11) is 0. The summed E-state index contributed by atoms with van der Waals surface area (Å²) in [4.78, 5) is 0. The molecule has 3 fully saturated rings. The second-order valence-electron chi connectivity index (χ2n) is 5.58. The van der Waals surface area contributed by atoms with Crippen LogP contribution in [0.5, 0.6) is 0 Å². The van der Waals surface area contributed by atoms with Crippen LogP contribution < -0.4 is 0 Å². The lowest BCUT2D eigenvalue weighted by Crippen LogP contribution is -2.28. The van der Waals surface area contributed by atoms with Gasteiger partial charge in [-0.05, 0) is 61.7 Å². The molecular formula is C12H20. The van der Waals surface area contributed by atoms with Crippen molar-refractivity contribution in [3.8, 4) is 0 Å². The Labute approximate surface area is 75.7 Å². The van der Waals surface area contributed by atoms with Gasteiger partial charge < -0.3 is 0 Å². The van der Waals surface area contributed by atoms with E-state index < -0.39 is 0 Å². The van der Waals surface area contributed by atoms with E-state index in [2.05, 4.69) is 6.92 Å². The summed E-state index contributed by atoms with van der Waals surface area (Å²) in [5.74, 6) is 5.74. The molecule has 3 saturated carbocycles. The second-order valence-corrected chi connectivity index (χ2v) is 5.58. The third-order valence-corrected chi connectivity index (χ3v) is 4.94. The van der Waals surface area contributed by atoms with Crippen molar-refractivity contribution in [1.82, 2.24) is 0 Å². The molecule has 0 nitrogen and oxygen atoms in total. The highest BCUT2D eigenvalue weighted by atomic mass is 14.5. The number of hydrogen-bond donors (Lipinski definition) is 0. The van der Waals surface area contributed by atoms with Gasteiger partial charge in [-0.1, -0.05) is 13.3 Å². The van der Waals surface area contributed by atoms with E-state index in [9.17, 15) is 0 Å². The number of hydrogen-bond acceptors (Lipinski definition) is 0. The molecule has 0 heterocycles. The fourth-order valence-corrected chi connectivity index (χ4v) is 4.41. The Morgan fingerprint density at radius 1 is 0.750 bits per heavy atom. The Kier molecular flexibility index (Phi) is 1.54. The maximum Gasteiger partial charge on any atom is -0.0352 e. The molecule has 3 aliphatic rings. The first kappa shape index (κ1) is 7.41. The van der Waals surface area contributed by atoms with Crippen molar-refractivity contribution >= 4 is 0 Å². The molecule has 5 unspecified atom stereocenters. The van der Waals surface area contributed by atoms with Gasteiger partial charge in [0, 0.05) is 0 Å². The van der Waals surface area contributed by atoms with Crippen molar-refractivity contribution in [2.75, 3.05) is 0 Å². The van der Waals surface area contributed by atoms with Crippen LogP contribution in [0, 0.1) is 29.6 Å². The first-order valence-electron chi connectivity index (χ1n) is 5.84. The maximum absolute atomic E-state index is 2.46. The summed E-state index contributed by atoms with van der Waals surface area (Å²) >= 11 is 0. The minimum Gasteiger partial charge on any atom is -0.0625 e. The van der Waals surface area contributed by atoms with Gasteiger partial charge in [0.15, 0.2) is 0 Å². The Bertz CT molecular complexity index is 184.